The van der Waals surface area contributed by atoms with Crippen molar-refractivity contribution >= 4 is 23.4 Å². The molecular weight excluding hydrogens is 390 g/mol. The molecule has 0 saturated carbocycles. The zero-order valence-corrected chi connectivity index (χ0v) is 17.5. The van der Waals surface area contributed by atoms with Crippen molar-refractivity contribution in [3.05, 3.63) is 77.0 Å². The molecule has 1 fully saturated rings. The summed E-state index contributed by atoms with van der Waals surface area (Å²) in [6.07, 6.45) is 0. The number of ether oxygens (including phenoxy) is 1. The van der Waals surface area contributed by atoms with Crippen molar-refractivity contribution in [2.75, 3.05) is 36.4 Å². The SMILES string of the molecule is Cc1cc(Nc2ccccc2)nc(N2CCN(C(=O)c3ccc4c(c3)COC4)CC2)n1. The molecule has 0 unspecified atom stereocenters. The molecule has 2 aliphatic heterocycles. The average Bonchev–Trinajstić information content (AvgIpc) is 3.27. The van der Waals surface area contributed by atoms with E-state index in [4.69, 9.17) is 9.72 Å². The Balaban J connectivity index is 1.25. The van der Waals surface area contributed by atoms with Crippen LogP contribution in [-0.4, -0.2) is 47.0 Å². The van der Waals surface area contributed by atoms with Gasteiger partial charge in [-0.15, -0.1) is 0 Å². The Bertz CT molecular complexity index is 1090. The van der Waals surface area contributed by atoms with Crippen molar-refractivity contribution in [2.45, 2.75) is 20.1 Å². The quantitative estimate of drug-likeness (QED) is 0.703. The van der Waals surface area contributed by atoms with Gasteiger partial charge in [-0.1, -0.05) is 24.3 Å². The summed E-state index contributed by atoms with van der Waals surface area (Å²) in [7, 11) is 0. The van der Waals surface area contributed by atoms with E-state index in [1.165, 1.54) is 5.56 Å². The molecule has 2 aromatic carbocycles. The fourth-order valence-corrected chi connectivity index (χ4v) is 4.02. The van der Waals surface area contributed by atoms with Gasteiger partial charge in [0.15, 0.2) is 0 Å². The van der Waals surface area contributed by atoms with Crippen molar-refractivity contribution in [3.63, 3.8) is 0 Å². The zero-order valence-electron chi connectivity index (χ0n) is 17.5. The monoisotopic (exact) mass is 415 g/mol. The minimum Gasteiger partial charge on any atom is -0.372 e. The van der Waals surface area contributed by atoms with Crippen LogP contribution in [0, 0.1) is 6.92 Å². The number of fused-ring (bicyclic) bond motifs is 1. The molecule has 3 aromatic rings. The number of carbonyl (C=O) groups is 1. The van der Waals surface area contributed by atoms with Crippen LogP contribution >= 0.6 is 0 Å². The van der Waals surface area contributed by atoms with Crippen LogP contribution in [0.15, 0.2) is 54.6 Å². The van der Waals surface area contributed by atoms with Crippen molar-refractivity contribution in [2.24, 2.45) is 0 Å². The molecule has 7 nitrogen and oxygen atoms in total. The summed E-state index contributed by atoms with van der Waals surface area (Å²) in [5, 5.41) is 3.34. The maximum Gasteiger partial charge on any atom is 0.253 e. The van der Waals surface area contributed by atoms with E-state index < -0.39 is 0 Å². The molecule has 1 amide bonds. The van der Waals surface area contributed by atoms with Crippen molar-refractivity contribution < 1.29 is 9.53 Å². The summed E-state index contributed by atoms with van der Waals surface area (Å²) in [6, 6.07) is 17.8. The molecule has 1 aromatic heterocycles. The van der Waals surface area contributed by atoms with Gasteiger partial charge in [0.2, 0.25) is 5.95 Å². The maximum absolute atomic E-state index is 13.0. The maximum atomic E-state index is 13.0. The highest BCUT2D eigenvalue weighted by Gasteiger charge is 2.25. The molecule has 7 heteroatoms. The van der Waals surface area contributed by atoms with Crippen LogP contribution in [0.2, 0.25) is 0 Å². The van der Waals surface area contributed by atoms with Crippen LogP contribution in [0.25, 0.3) is 0 Å². The molecule has 0 spiro atoms. The smallest absolute Gasteiger partial charge is 0.253 e. The van der Waals surface area contributed by atoms with Gasteiger partial charge in [-0.05, 0) is 42.3 Å². The number of nitrogens with one attached hydrogen (secondary N) is 1. The number of aryl methyl sites for hydroxylation is 1. The number of aromatic nitrogens is 2. The fraction of sp³-hybridized carbons (Fsp3) is 0.292. The van der Waals surface area contributed by atoms with E-state index in [1.807, 2.05) is 66.4 Å². The van der Waals surface area contributed by atoms with Crippen molar-refractivity contribution in [1.82, 2.24) is 14.9 Å². The third kappa shape index (κ3) is 4.22. The van der Waals surface area contributed by atoms with Gasteiger partial charge < -0.3 is 19.9 Å². The Hall–Kier alpha value is -3.45. The second-order valence-corrected chi connectivity index (χ2v) is 7.94. The average molecular weight is 415 g/mol. The minimum atomic E-state index is 0.0749. The van der Waals surface area contributed by atoms with Crippen LogP contribution in [0.3, 0.4) is 0 Å². The van der Waals surface area contributed by atoms with Gasteiger partial charge in [0.1, 0.15) is 5.82 Å². The van der Waals surface area contributed by atoms with E-state index in [0.717, 1.165) is 28.3 Å². The summed E-state index contributed by atoms with van der Waals surface area (Å²) in [5.41, 5.74) is 4.93. The van der Waals surface area contributed by atoms with Crippen LogP contribution in [0.4, 0.5) is 17.5 Å². The standard InChI is InChI=1S/C24H25N5O2/c1-17-13-22(26-21-5-3-2-4-6-21)27-24(25-17)29-11-9-28(10-12-29)23(30)18-7-8-19-15-31-16-20(19)14-18/h2-8,13-14H,9-12,15-16H2,1H3,(H,25,26,27). The first-order valence-electron chi connectivity index (χ1n) is 10.6. The minimum absolute atomic E-state index is 0.0749. The van der Waals surface area contributed by atoms with E-state index in [-0.39, 0.29) is 5.91 Å². The van der Waals surface area contributed by atoms with Gasteiger partial charge in [0.25, 0.3) is 5.91 Å². The predicted molar refractivity (Wildman–Crippen MR) is 120 cm³/mol. The third-order valence-corrected chi connectivity index (χ3v) is 5.71. The number of amides is 1. The molecule has 0 bridgehead atoms. The second kappa shape index (κ2) is 8.35. The molecule has 31 heavy (non-hydrogen) atoms. The van der Waals surface area contributed by atoms with E-state index in [1.54, 1.807) is 0 Å². The lowest BCUT2D eigenvalue weighted by molar-refractivity contribution is 0.0746. The Kier molecular flexibility index (Phi) is 5.26. The molecule has 158 valence electrons. The van der Waals surface area contributed by atoms with Crippen LogP contribution < -0.4 is 10.2 Å². The number of rotatable bonds is 4. The Morgan fingerprint density at radius 2 is 1.71 bits per heavy atom. The van der Waals surface area contributed by atoms with Gasteiger partial charge in [0.05, 0.1) is 13.2 Å². The second-order valence-electron chi connectivity index (χ2n) is 7.94. The molecule has 3 heterocycles. The first kappa shape index (κ1) is 19.5. The molecular formula is C24H25N5O2. The first-order valence-corrected chi connectivity index (χ1v) is 10.6. The summed E-state index contributed by atoms with van der Waals surface area (Å²) >= 11 is 0. The molecule has 1 saturated heterocycles. The Morgan fingerprint density at radius 3 is 2.52 bits per heavy atom. The number of hydrogen-bond acceptors (Lipinski definition) is 6. The number of carbonyl (C=O) groups excluding carboxylic acids is 1. The molecule has 0 aliphatic carbocycles. The lowest BCUT2D eigenvalue weighted by Crippen LogP contribution is -2.49. The highest BCUT2D eigenvalue weighted by atomic mass is 16.5. The fourth-order valence-electron chi connectivity index (χ4n) is 4.02. The lowest BCUT2D eigenvalue weighted by Gasteiger charge is -2.35. The van der Waals surface area contributed by atoms with Gasteiger partial charge in [-0.25, -0.2) is 4.98 Å². The molecule has 2 aliphatic rings. The largest absolute Gasteiger partial charge is 0.372 e. The lowest BCUT2D eigenvalue weighted by atomic mass is 10.1. The zero-order chi connectivity index (χ0) is 21.2. The highest BCUT2D eigenvalue weighted by Crippen LogP contribution is 2.23. The highest BCUT2D eigenvalue weighted by molar-refractivity contribution is 5.94. The van der Waals surface area contributed by atoms with Crippen LogP contribution in [-0.2, 0) is 18.0 Å². The molecule has 0 atom stereocenters. The predicted octanol–water partition coefficient (Wildman–Crippen LogP) is 3.52. The summed E-state index contributed by atoms with van der Waals surface area (Å²) < 4.78 is 5.46. The third-order valence-electron chi connectivity index (χ3n) is 5.71. The molecule has 1 N–H and O–H groups in total. The Labute approximate surface area is 181 Å². The summed E-state index contributed by atoms with van der Waals surface area (Å²) in [6.45, 7) is 5.89. The number of hydrogen-bond donors (Lipinski definition) is 1. The first-order chi connectivity index (χ1) is 15.2. The number of nitrogens with zero attached hydrogens (tertiary/aromatic N) is 4. The van der Waals surface area contributed by atoms with E-state index >= 15 is 0 Å². The van der Waals surface area contributed by atoms with Crippen molar-refractivity contribution in [3.8, 4) is 0 Å². The number of benzene rings is 2. The van der Waals surface area contributed by atoms with E-state index in [0.29, 0.717) is 45.3 Å². The number of anilines is 3. The molecule has 5 rings (SSSR count). The molecule has 0 radical (unpaired) electrons. The van der Waals surface area contributed by atoms with Crippen molar-refractivity contribution in [1.29, 1.82) is 0 Å². The van der Waals surface area contributed by atoms with E-state index in [2.05, 4.69) is 15.2 Å². The van der Waals surface area contributed by atoms with Gasteiger partial charge in [-0.3, -0.25) is 4.79 Å². The van der Waals surface area contributed by atoms with Gasteiger partial charge in [-0.2, -0.15) is 4.98 Å². The number of piperazine rings is 1. The normalized spacial score (nSPS) is 15.6. The summed E-state index contributed by atoms with van der Waals surface area (Å²) in [4.78, 5) is 26.4. The Morgan fingerprint density at radius 1 is 0.935 bits per heavy atom. The van der Waals surface area contributed by atoms with Gasteiger partial charge >= 0.3 is 0 Å². The summed E-state index contributed by atoms with van der Waals surface area (Å²) in [5.74, 6) is 1.54. The topological polar surface area (TPSA) is 70.6 Å². The van der Waals surface area contributed by atoms with Crippen LogP contribution in [0.1, 0.15) is 27.2 Å². The van der Waals surface area contributed by atoms with Gasteiger partial charge in [0, 0.05) is 49.2 Å². The van der Waals surface area contributed by atoms with E-state index in [9.17, 15) is 4.79 Å². The van der Waals surface area contributed by atoms with Crippen LogP contribution in [0.5, 0.6) is 0 Å². The number of para-hydroxylation sites is 1.